The van der Waals surface area contributed by atoms with E-state index < -0.39 is 0 Å². The summed E-state index contributed by atoms with van der Waals surface area (Å²) >= 11 is 0. The van der Waals surface area contributed by atoms with Crippen molar-refractivity contribution in [3.05, 3.63) is 34.5 Å². The fourth-order valence-corrected chi connectivity index (χ4v) is 1.52. The summed E-state index contributed by atoms with van der Waals surface area (Å²) in [4.78, 5) is 18.5. The zero-order valence-corrected chi connectivity index (χ0v) is 9.51. The Morgan fingerprint density at radius 1 is 1.59 bits per heavy atom. The van der Waals surface area contributed by atoms with Crippen LogP contribution in [0.1, 0.15) is 31.6 Å². The Hall–Kier alpha value is -1.95. The third-order valence-electron chi connectivity index (χ3n) is 2.43. The van der Waals surface area contributed by atoms with Crippen molar-refractivity contribution >= 4 is 0 Å². The molecule has 0 aliphatic carbocycles. The van der Waals surface area contributed by atoms with Gasteiger partial charge in [-0.05, 0) is 6.42 Å². The molecule has 2 rings (SSSR count). The lowest BCUT2D eigenvalue weighted by Gasteiger charge is -2.02. The Morgan fingerprint density at radius 3 is 3.12 bits per heavy atom. The fraction of sp³-hybridized carbons (Fsp3) is 0.364. The van der Waals surface area contributed by atoms with Gasteiger partial charge in [-0.15, -0.1) is 0 Å². The van der Waals surface area contributed by atoms with Gasteiger partial charge in [0.2, 0.25) is 0 Å². The van der Waals surface area contributed by atoms with Crippen LogP contribution in [0, 0.1) is 0 Å². The second kappa shape index (κ2) is 4.92. The minimum absolute atomic E-state index is 0.164. The molecule has 1 unspecified atom stereocenters. The Bertz CT molecular complexity index is 546. The lowest BCUT2D eigenvalue weighted by Crippen LogP contribution is -2.11. The quantitative estimate of drug-likeness (QED) is 0.828. The van der Waals surface area contributed by atoms with Crippen LogP contribution in [0.25, 0.3) is 11.5 Å². The van der Waals surface area contributed by atoms with Crippen LogP contribution in [-0.4, -0.2) is 15.1 Å². The van der Waals surface area contributed by atoms with Crippen LogP contribution >= 0.6 is 0 Å². The van der Waals surface area contributed by atoms with Crippen LogP contribution in [0.4, 0.5) is 0 Å². The first-order valence-corrected chi connectivity index (χ1v) is 5.49. The second-order valence-electron chi connectivity index (χ2n) is 3.78. The molecule has 0 aliphatic heterocycles. The molecule has 6 nitrogen and oxygen atoms in total. The Labute approximate surface area is 97.9 Å². The number of aromatic amines is 1. The summed E-state index contributed by atoms with van der Waals surface area (Å²) in [7, 11) is 0. The largest absolute Gasteiger partial charge is 0.367 e. The van der Waals surface area contributed by atoms with Crippen LogP contribution in [0.2, 0.25) is 0 Å². The first-order valence-electron chi connectivity index (χ1n) is 5.49. The van der Waals surface area contributed by atoms with Gasteiger partial charge in [0.1, 0.15) is 5.56 Å². The lowest BCUT2D eigenvalue weighted by atomic mass is 10.2. The molecular formula is C11H14N4O2. The number of nitrogens with two attached hydrogens (primary N) is 1. The summed E-state index contributed by atoms with van der Waals surface area (Å²) in [6.45, 7) is 2.03. The van der Waals surface area contributed by atoms with Crippen LogP contribution in [0.15, 0.2) is 27.8 Å². The van der Waals surface area contributed by atoms with Gasteiger partial charge in [-0.3, -0.25) is 4.79 Å². The summed E-state index contributed by atoms with van der Waals surface area (Å²) in [5.41, 5.74) is 6.06. The van der Waals surface area contributed by atoms with Crippen molar-refractivity contribution in [1.29, 1.82) is 0 Å². The van der Waals surface area contributed by atoms with Gasteiger partial charge in [0, 0.05) is 18.5 Å². The zero-order valence-electron chi connectivity index (χ0n) is 9.51. The summed E-state index contributed by atoms with van der Waals surface area (Å²) in [5.74, 6) is 0.638. The van der Waals surface area contributed by atoms with E-state index in [1.54, 1.807) is 6.20 Å². The molecule has 0 fully saturated rings. The number of hydrogen-bond acceptors (Lipinski definition) is 5. The highest BCUT2D eigenvalue weighted by molar-refractivity contribution is 5.50. The van der Waals surface area contributed by atoms with E-state index in [4.69, 9.17) is 10.3 Å². The first-order chi connectivity index (χ1) is 8.22. The molecule has 3 N–H and O–H groups in total. The molecule has 90 valence electrons. The lowest BCUT2D eigenvalue weighted by molar-refractivity contribution is 0.413. The number of aromatic nitrogens is 3. The number of rotatable bonds is 4. The van der Waals surface area contributed by atoms with Gasteiger partial charge in [-0.25, -0.2) is 0 Å². The number of nitrogens with one attached hydrogen (secondary N) is 1. The molecule has 0 saturated carbocycles. The molecule has 0 amide bonds. The Balaban J connectivity index is 2.30. The van der Waals surface area contributed by atoms with Crippen molar-refractivity contribution < 1.29 is 4.52 Å². The van der Waals surface area contributed by atoms with Crippen LogP contribution in [-0.2, 0) is 0 Å². The van der Waals surface area contributed by atoms with E-state index in [9.17, 15) is 4.79 Å². The predicted octanol–water partition coefficient (Wildman–Crippen LogP) is 1.22. The van der Waals surface area contributed by atoms with E-state index in [1.807, 2.05) is 6.92 Å². The summed E-state index contributed by atoms with van der Waals surface area (Å²) in [6, 6.07) is 1.16. The number of H-pyrrole nitrogens is 1. The average molecular weight is 234 g/mol. The Morgan fingerprint density at radius 2 is 2.41 bits per heavy atom. The van der Waals surface area contributed by atoms with Crippen LogP contribution in [0.5, 0.6) is 0 Å². The molecular weight excluding hydrogens is 220 g/mol. The Kier molecular flexibility index (Phi) is 3.34. The monoisotopic (exact) mass is 234 g/mol. The number of nitrogens with zero attached hydrogens (tertiary/aromatic N) is 2. The maximum absolute atomic E-state index is 11.5. The zero-order chi connectivity index (χ0) is 12.3. The molecule has 2 aromatic rings. The average Bonchev–Trinajstić information content (AvgIpc) is 2.79. The van der Waals surface area contributed by atoms with E-state index in [2.05, 4.69) is 15.1 Å². The van der Waals surface area contributed by atoms with E-state index in [-0.39, 0.29) is 17.4 Å². The van der Waals surface area contributed by atoms with Crippen molar-refractivity contribution in [3.8, 4) is 11.5 Å². The minimum atomic E-state index is -0.250. The molecule has 0 bridgehead atoms. The normalized spacial score (nSPS) is 12.6. The van der Waals surface area contributed by atoms with Crippen molar-refractivity contribution in [2.24, 2.45) is 5.73 Å². The number of hydrogen-bond donors (Lipinski definition) is 2. The van der Waals surface area contributed by atoms with Gasteiger partial charge in [0.05, 0.1) is 6.04 Å². The molecule has 0 radical (unpaired) electrons. The van der Waals surface area contributed by atoms with E-state index >= 15 is 0 Å². The van der Waals surface area contributed by atoms with Gasteiger partial charge in [-0.1, -0.05) is 18.5 Å². The van der Waals surface area contributed by atoms with E-state index in [0.29, 0.717) is 11.4 Å². The van der Waals surface area contributed by atoms with Crippen molar-refractivity contribution in [1.82, 2.24) is 15.1 Å². The maximum atomic E-state index is 11.5. The van der Waals surface area contributed by atoms with Gasteiger partial charge in [0.25, 0.3) is 5.89 Å². The highest BCUT2D eigenvalue weighted by atomic mass is 16.5. The standard InChI is InChI=1S/C11H14N4O2/c1-2-3-8(12)10-14-11(17-15-10)7-6-13-5-4-9(7)16/h4-6,8H,2-3,12H2,1H3,(H,13,16). The molecule has 1 atom stereocenters. The van der Waals surface area contributed by atoms with Gasteiger partial charge in [0.15, 0.2) is 11.3 Å². The summed E-state index contributed by atoms with van der Waals surface area (Å²) in [6.07, 6.45) is 4.80. The maximum Gasteiger partial charge on any atom is 0.263 e. The third kappa shape index (κ3) is 2.42. The van der Waals surface area contributed by atoms with Crippen molar-refractivity contribution in [3.63, 3.8) is 0 Å². The SMILES string of the molecule is CCCC(N)c1noc(-c2c[nH]ccc2=O)n1. The highest BCUT2D eigenvalue weighted by Crippen LogP contribution is 2.16. The smallest absolute Gasteiger partial charge is 0.263 e. The molecule has 17 heavy (non-hydrogen) atoms. The highest BCUT2D eigenvalue weighted by Gasteiger charge is 2.15. The third-order valence-corrected chi connectivity index (χ3v) is 2.43. The summed E-state index contributed by atoms with van der Waals surface area (Å²) < 4.78 is 5.04. The number of pyridine rings is 1. The first kappa shape index (κ1) is 11.5. The molecule has 2 aromatic heterocycles. The molecule has 0 spiro atoms. The fourth-order valence-electron chi connectivity index (χ4n) is 1.52. The minimum Gasteiger partial charge on any atom is -0.367 e. The molecule has 0 saturated heterocycles. The summed E-state index contributed by atoms with van der Waals surface area (Å²) in [5, 5.41) is 3.79. The molecule has 2 heterocycles. The predicted molar refractivity (Wildman–Crippen MR) is 62.2 cm³/mol. The van der Waals surface area contributed by atoms with Crippen LogP contribution < -0.4 is 11.2 Å². The van der Waals surface area contributed by atoms with E-state index in [0.717, 1.165) is 12.8 Å². The van der Waals surface area contributed by atoms with Crippen molar-refractivity contribution in [2.75, 3.05) is 0 Å². The van der Waals surface area contributed by atoms with Gasteiger partial charge < -0.3 is 15.2 Å². The van der Waals surface area contributed by atoms with Gasteiger partial charge >= 0.3 is 0 Å². The van der Waals surface area contributed by atoms with Crippen LogP contribution in [0.3, 0.4) is 0 Å². The molecule has 0 aromatic carbocycles. The second-order valence-corrected chi connectivity index (χ2v) is 3.78. The topological polar surface area (TPSA) is 97.8 Å². The molecule has 6 heteroatoms. The molecule has 0 aliphatic rings. The van der Waals surface area contributed by atoms with Gasteiger partial charge in [-0.2, -0.15) is 4.98 Å². The van der Waals surface area contributed by atoms with Crippen molar-refractivity contribution in [2.45, 2.75) is 25.8 Å². The van der Waals surface area contributed by atoms with E-state index in [1.165, 1.54) is 12.3 Å².